The number of benzene rings is 1. The lowest BCUT2D eigenvalue weighted by molar-refractivity contribution is 0.102. The standard InChI is InChI=1S/C12H8Br2FNO2S/c1-18-6-2-3-8(15)9(4-6)16-12(17)7-5-10(13)19-11(7)14/h2-5H,1H3,(H,16,17). The van der Waals surface area contributed by atoms with Crippen LogP contribution >= 0.6 is 43.2 Å². The van der Waals surface area contributed by atoms with E-state index in [2.05, 4.69) is 37.2 Å². The van der Waals surface area contributed by atoms with Crippen molar-refractivity contribution >= 4 is 54.8 Å². The highest BCUT2D eigenvalue weighted by Crippen LogP contribution is 2.32. The van der Waals surface area contributed by atoms with Crippen LogP contribution in [0.1, 0.15) is 10.4 Å². The minimum atomic E-state index is -0.514. The van der Waals surface area contributed by atoms with Crippen molar-refractivity contribution in [2.75, 3.05) is 12.4 Å². The minimum Gasteiger partial charge on any atom is -0.497 e. The summed E-state index contributed by atoms with van der Waals surface area (Å²) < 4.78 is 20.1. The third kappa shape index (κ3) is 3.34. The maximum absolute atomic E-state index is 13.6. The number of thiophene rings is 1. The number of halogens is 3. The van der Waals surface area contributed by atoms with Gasteiger partial charge in [-0.3, -0.25) is 4.79 Å². The van der Waals surface area contributed by atoms with Crippen LogP contribution in [0.5, 0.6) is 5.75 Å². The minimum absolute atomic E-state index is 0.0820. The fraction of sp³-hybridized carbons (Fsp3) is 0.0833. The summed E-state index contributed by atoms with van der Waals surface area (Å²) in [6.45, 7) is 0. The molecule has 0 aliphatic carbocycles. The van der Waals surface area contributed by atoms with Crippen LogP contribution in [0.4, 0.5) is 10.1 Å². The highest BCUT2D eigenvalue weighted by atomic mass is 79.9. The maximum Gasteiger partial charge on any atom is 0.257 e. The van der Waals surface area contributed by atoms with Crippen molar-refractivity contribution in [3.05, 3.63) is 43.2 Å². The normalized spacial score (nSPS) is 10.3. The number of hydrogen-bond acceptors (Lipinski definition) is 3. The third-order valence-electron chi connectivity index (χ3n) is 2.32. The number of carbonyl (C=O) groups excluding carboxylic acids is 1. The molecule has 1 aromatic heterocycles. The molecule has 0 bridgehead atoms. The molecule has 1 N–H and O–H groups in total. The van der Waals surface area contributed by atoms with E-state index in [1.54, 1.807) is 6.07 Å². The largest absolute Gasteiger partial charge is 0.497 e. The molecule has 0 aliphatic rings. The zero-order valence-corrected chi connectivity index (χ0v) is 13.7. The highest BCUT2D eigenvalue weighted by molar-refractivity contribution is 9.12. The summed E-state index contributed by atoms with van der Waals surface area (Å²) in [5.74, 6) is -0.428. The zero-order chi connectivity index (χ0) is 14.0. The first-order valence-electron chi connectivity index (χ1n) is 5.11. The van der Waals surface area contributed by atoms with Crippen LogP contribution in [-0.4, -0.2) is 13.0 Å². The predicted molar refractivity (Wildman–Crippen MR) is 80.6 cm³/mol. The lowest BCUT2D eigenvalue weighted by atomic mass is 10.2. The second-order valence-electron chi connectivity index (χ2n) is 3.54. The topological polar surface area (TPSA) is 38.3 Å². The molecular weight excluding hydrogens is 401 g/mol. The second kappa shape index (κ2) is 6.02. The Kier molecular flexibility index (Phi) is 4.59. The molecule has 0 unspecified atom stereocenters. The van der Waals surface area contributed by atoms with E-state index in [4.69, 9.17) is 4.74 Å². The molecule has 0 saturated heterocycles. The first-order valence-corrected chi connectivity index (χ1v) is 7.51. The number of rotatable bonds is 3. The van der Waals surface area contributed by atoms with Crippen LogP contribution in [0.3, 0.4) is 0 Å². The van der Waals surface area contributed by atoms with E-state index < -0.39 is 5.82 Å². The van der Waals surface area contributed by atoms with Crippen molar-refractivity contribution in [3.8, 4) is 5.75 Å². The number of hydrogen-bond donors (Lipinski definition) is 1. The molecule has 2 rings (SSSR count). The van der Waals surface area contributed by atoms with Crippen LogP contribution in [0.2, 0.25) is 0 Å². The first kappa shape index (κ1) is 14.5. The summed E-state index contributed by atoms with van der Waals surface area (Å²) in [6.07, 6.45) is 0. The Morgan fingerprint density at radius 1 is 1.37 bits per heavy atom. The fourth-order valence-electron chi connectivity index (χ4n) is 1.41. The monoisotopic (exact) mass is 407 g/mol. The van der Waals surface area contributed by atoms with Gasteiger partial charge in [-0.2, -0.15) is 0 Å². The molecule has 3 nitrogen and oxygen atoms in total. The summed E-state index contributed by atoms with van der Waals surface area (Å²) in [5, 5.41) is 2.52. The van der Waals surface area contributed by atoms with Gasteiger partial charge in [-0.05, 0) is 50.1 Å². The van der Waals surface area contributed by atoms with Crippen LogP contribution in [0.15, 0.2) is 31.8 Å². The van der Waals surface area contributed by atoms with Crippen molar-refractivity contribution < 1.29 is 13.9 Å². The summed E-state index contributed by atoms with van der Waals surface area (Å²) in [6, 6.07) is 5.83. The van der Waals surface area contributed by atoms with Crippen molar-refractivity contribution in [1.29, 1.82) is 0 Å². The molecule has 1 aromatic carbocycles. The second-order valence-corrected chi connectivity index (χ2v) is 7.29. The highest BCUT2D eigenvalue weighted by Gasteiger charge is 2.15. The van der Waals surface area contributed by atoms with E-state index in [9.17, 15) is 9.18 Å². The molecule has 0 aliphatic heterocycles. The Hall–Kier alpha value is -0.920. The Morgan fingerprint density at radius 3 is 2.68 bits per heavy atom. The fourth-order valence-corrected chi connectivity index (χ4v) is 4.21. The van der Waals surface area contributed by atoms with E-state index in [0.717, 1.165) is 3.79 Å². The van der Waals surface area contributed by atoms with Gasteiger partial charge in [0.2, 0.25) is 0 Å². The summed E-state index contributed by atoms with van der Waals surface area (Å²) in [4.78, 5) is 12.0. The lowest BCUT2D eigenvalue weighted by Crippen LogP contribution is -2.12. The van der Waals surface area contributed by atoms with Gasteiger partial charge in [0, 0.05) is 6.07 Å². The van der Waals surface area contributed by atoms with Gasteiger partial charge in [-0.1, -0.05) is 0 Å². The van der Waals surface area contributed by atoms with Crippen LogP contribution < -0.4 is 10.1 Å². The quantitative estimate of drug-likeness (QED) is 0.801. The molecule has 2 aromatic rings. The molecule has 0 atom stereocenters. The number of anilines is 1. The predicted octanol–water partition coefficient (Wildman–Crippen LogP) is 4.67. The van der Waals surface area contributed by atoms with Crippen LogP contribution in [0.25, 0.3) is 0 Å². The van der Waals surface area contributed by atoms with Crippen molar-refractivity contribution in [3.63, 3.8) is 0 Å². The van der Waals surface area contributed by atoms with Gasteiger partial charge in [0.1, 0.15) is 11.6 Å². The van der Waals surface area contributed by atoms with Gasteiger partial charge in [-0.15, -0.1) is 11.3 Å². The first-order chi connectivity index (χ1) is 9.01. The van der Waals surface area contributed by atoms with E-state index in [-0.39, 0.29) is 11.6 Å². The molecular formula is C12H8Br2FNO2S. The van der Waals surface area contributed by atoms with Gasteiger partial charge < -0.3 is 10.1 Å². The number of methoxy groups -OCH3 is 1. The lowest BCUT2D eigenvalue weighted by Gasteiger charge is -2.07. The molecule has 0 saturated carbocycles. The van der Waals surface area contributed by atoms with Gasteiger partial charge in [0.05, 0.1) is 25.9 Å². The van der Waals surface area contributed by atoms with Crippen molar-refractivity contribution in [2.45, 2.75) is 0 Å². The Morgan fingerprint density at radius 2 is 2.11 bits per heavy atom. The number of amides is 1. The Bertz CT molecular complexity index is 630. The Labute approximate surface area is 130 Å². The van der Waals surface area contributed by atoms with Gasteiger partial charge >= 0.3 is 0 Å². The average molecular weight is 409 g/mol. The molecule has 0 radical (unpaired) electrons. The van der Waals surface area contributed by atoms with Gasteiger partial charge in [0.15, 0.2) is 0 Å². The molecule has 19 heavy (non-hydrogen) atoms. The van der Waals surface area contributed by atoms with Crippen molar-refractivity contribution in [2.24, 2.45) is 0 Å². The van der Waals surface area contributed by atoms with Crippen LogP contribution in [0, 0.1) is 5.82 Å². The maximum atomic E-state index is 13.6. The zero-order valence-electron chi connectivity index (χ0n) is 9.67. The van der Waals surface area contributed by atoms with E-state index in [0.29, 0.717) is 15.1 Å². The molecule has 7 heteroatoms. The summed E-state index contributed by atoms with van der Waals surface area (Å²) in [5.41, 5.74) is 0.526. The molecule has 100 valence electrons. The van der Waals surface area contributed by atoms with Crippen LogP contribution in [-0.2, 0) is 0 Å². The summed E-state index contributed by atoms with van der Waals surface area (Å²) >= 11 is 7.95. The molecule has 1 amide bonds. The Balaban J connectivity index is 2.26. The third-order valence-corrected chi connectivity index (χ3v) is 4.66. The van der Waals surface area contributed by atoms with Gasteiger partial charge in [0.25, 0.3) is 5.91 Å². The average Bonchev–Trinajstić information content (AvgIpc) is 2.71. The molecule has 0 spiro atoms. The SMILES string of the molecule is COc1ccc(F)c(NC(=O)c2cc(Br)sc2Br)c1. The van der Waals surface area contributed by atoms with Gasteiger partial charge in [-0.25, -0.2) is 4.39 Å². The van der Waals surface area contributed by atoms with E-state index >= 15 is 0 Å². The summed E-state index contributed by atoms with van der Waals surface area (Å²) in [7, 11) is 1.48. The number of carbonyl (C=O) groups is 1. The molecule has 1 heterocycles. The van der Waals surface area contributed by atoms with Crippen molar-refractivity contribution in [1.82, 2.24) is 0 Å². The van der Waals surface area contributed by atoms with E-state index in [1.165, 1.54) is 36.6 Å². The molecule has 0 fully saturated rings. The van der Waals surface area contributed by atoms with E-state index in [1.807, 2.05) is 0 Å². The number of nitrogens with one attached hydrogen (secondary N) is 1. The smallest absolute Gasteiger partial charge is 0.257 e. The number of ether oxygens (including phenoxy) is 1.